The third kappa shape index (κ3) is 5.13. The first-order chi connectivity index (χ1) is 11.0. The molecule has 2 aromatic rings. The van der Waals surface area contributed by atoms with E-state index in [1.165, 1.54) is 19.1 Å². The van der Waals surface area contributed by atoms with Crippen LogP contribution in [0.25, 0.3) is 6.08 Å². The van der Waals surface area contributed by atoms with Crippen LogP contribution in [0.2, 0.25) is 10.0 Å². The summed E-state index contributed by atoms with van der Waals surface area (Å²) in [6.07, 6.45) is 2.74. The van der Waals surface area contributed by atoms with Crippen molar-refractivity contribution in [3.63, 3.8) is 0 Å². The average molecular weight is 350 g/mol. The Morgan fingerprint density at radius 3 is 2.22 bits per heavy atom. The molecule has 23 heavy (non-hydrogen) atoms. The SMILES string of the molecule is CC(=O)Nc1ccc(OC(=O)/C=C/c2c(Cl)cccc2Cl)cc1. The maximum atomic E-state index is 11.8. The van der Waals surface area contributed by atoms with Gasteiger partial charge in [-0.15, -0.1) is 0 Å². The topological polar surface area (TPSA) is 55.4 Å². The number of nitrogens with one attached hydrogen (secondary N) is 1. The molecule has 0 saturated heterocycles. The van der Waals surface area contributed by atoms with E-state index < -0.39 is 5.97 Å². The second kappa shape index (κ2) is 7.81. The molecule has 0 atom stereocenters. The number of ether oxygens (including phenoxy) is 1. The summed E-state index contributed by atoms with van der Waals surface area (Å²) in [5.74, 6) is -0.374. The van der Waals surface area contributed by atoms with Gasteiger partial charge in [0.05, 0.1) is 0 Å². The van der Waals surface area contributed by atoms with Crippen LogP contribution in [0.1, 0.15) is 12.5 Å². The van der Waals surface area contributed by atoms with Gasteiger partial charge in [-0.3, -0.25) is 4.79 Å². The average Bonchev–Trinajstić information content (AvgIpc) is 2.48. The van der Waals surface area contributed by atoms with Gasteiger partial charge in [0.25, 0.3) is 0 Å². The Morgan fingerprint density at radius 2 is 1.65 bits per heavy atom. The fraction of sp³-hybridized carbons (Fsp3) is 0.0588. The van der Waals surface area contributed by atoms with E-state index in [0.29, 0.717) is 27.0 Å². The molecule has 118 valence electrons. The Bertz CT molecular complexity index is 735. The highest BCUT2D eigenvalue weighted by atomic mass is 35.5. The van der Waals surface area contributed by atoms with Crippen LogP contribution in [-0.4, -0.2) is 11.9 Å². The van der Waals surface area contributed by atoms with Crippen LogP contribution in [0, 0.1) is 0 Å². The second-order valence-electron chi connectivity index (χ2n) is 4.60. The van der Waals surface area contributed by atoms with Crippen LogP contribution in [-0.2, 0) is 9.59 Å². The van der Waals surface area contributed by atoms with E-state index in [2.05, 4.69) is 5.32 Å². The minimum absolute atomic E-state index is 0.172. The van der Waals surface area contributed by atoms with Crippen LogP contribution in [0.3, 0.4) is 0 Å². The molecule has 1 amide bonds. The molecule has 2 aromatic carbocycles. The zero-order valence-electron chi connectivity index (χ0n) is 12.2. The third-order valence-corrected chi connectivity index (χ3v) is 3.44. The van der Waals surface area contributed by atoms with Crippen molar-refractivity contribution in [3.8, 4) is 5.75 Å². The molecular weight excluding hydrogens is 337 g/mol. The quantitative estimate of drug-likeness (QED) is 0.499. The Balaban J connectivity index is 2.02. The van der Waals surface area contributed by atoms with Gasteiger partial charge in [-0.2, -0.15) is 0 Å². The fourth-order valence-electron chi connectivity index (χ4n) is 1.78. The van der Waals surface area contributed by atoms with Crippen molar-refractivity contribution in [3.05, 3.63) is 64.1 Å². The molecule has 4 nitrogen and oxygen atoms in total. The lowest BCUT2D eigenvalue weighted by Crippen LogP contribution is -2.06. The zero-order valence-corrected chi connectivity index (χ0v) is 13.7. The summed E-state index contributed by atoms with van der Waals surface area (Å²) < 4.78 is 5.15. The smallest absolute Gasteiger partial charge is 0.336 e. The van der Waals surface area contributed by atoms with Crippen molar-refractivity contribution in [1.82, 2.24) is 0 Å². The van der Waals surface area contributed by atoms with E-state index >= 15 is 0 Å². The highest BCUT2D eigenvalue weighted by Gasteiger charge is 2.05. The number of benzene rings is 2. The summed E-state index contributed by atoms with van der Waals surface area (Å²) >= 11 is 12.0. The molecule has 0 saturated carbocycles. The van der Waals surface area contributed by atoms with E-state index in [1.807, 2.05) is 0 Å². The van der Waals surface area contributed by atoms with Crippen LogP contribution < -0.4 is 10.1 Å². The van der Waals surface area contributed by atoms with Crippen LogP contribution in [0.15, 0.2) is 48.5 Å². The van der Waals surface area contributed by atoms with E-state index in [-0.39, 0.29) is 5.91 Å². The number of carbonyl (C=O) groups excluding carboxylic acids is 2. The molecule has 2 rings (SSSR count). The number of hydrogen-bond acceptors (Lipinski definition) is 3. The number of anilines is 1. The molecule has 0 heterocycles. The fourth-order valence-corrected chi connectivity index (χ4v) is 2.30. The molecular formula is C17H13Cl2NO3. The summed E-state index contributed by atoms with van der Waals surface area (Å²) in [5.41, 5.74) is 1.17. The molecule has 0 spiro atoms. The molecule has 0 fully saturated rings. The summed E-state index contributed by atoms with van der Waals surface area (Å²) in [6.45, 7) is 1.42. The Morgan fingerprint density at radius 1 is 1.04 bits per heavy atom. The monoisotopic (exact) mass is 349 g/mol. The third-order valence-electron chi connectivity index (χ3n) is 2.78. The molecule has 0 aromatic heterocycles. The van der Waals surface area contributed by atoms with E-state index in [1.54, 1.807) is 42.5 Å². The van der Waals surface area contributed by atoms with Crippen molar-refractivity contribution < 1.29 is 14.3 Å². The first-order valence-electron chi connectivity index (χ1n) is 6.67. The van der Waals surface area contributed by atoms with Gasteiger partial charge in [0.2, 0.25) is 5.91 Å². The molecule has 0 aliphatic heterocycles. The molecule has 0 unspecified atom stereocenters. The van der Waals surface area contributed by atoms with Crippen LogP contribution in [0.4, 0.5) is 5.69 Å². The molecule has 0 bridgehead atoms. The highest BCUT2D eigenvalue weighted by Crippen LogP contribution is 2.25. The van der Waals surface area contributed by atoms with E-state index in [0.717, 1.165) is 0 Å². The molecule has 6 heteroatoms. The summed E-state index contributed by atoms with van der Waals surface area (Å²) in [4.78, 5) is 22.7. The first kappa shape index (κ1) is 17.1. The minimum Gasteiger partial charge on any atom is -0.423 e. The van der Waals surface area contributed by atoms with Crippen molar-refractivity contribution in [2.45, 2.75) is 6.92 Å². The lowest BCUT2D eigenvalue weighted by Gasteiger charge is -2.04. The van der Waals surface area contributed by atoms with Crippen molar-refractivity contribution in [1.29, 1.82) is 0 Å². The first-order valence-corrected chi connectivity index (χ1v) is 7.43. The number of amides is 1. The second-order valence-corrected chi connectivity index (χ2v) is 5.41. The normalized spacial score (nSPS) is 10.6. The maximum absolute atomic E-state index is 11.8. The zero-order chi connectivity index (χ0) is 16.8. The number of esters is 1. The molecule has 1 N–H and O–H groups in total. The maximum Gasteiger partial charge on any atom is 0.336 e. The van der Waals surface area contributed by atoms with Crippen molar-refractivity contribution in [2.75, 3.05) is 5.32 Å². The molecule has 0 aliphatic carbocycles. The lowest BCUT2D eigenvalue weighted by atomic mass is 10.2. The van der Waals surface area contributed by atoms with Gasteiger partial charge in [0, 0.05) is 34.3 Å². The summed E-state index contributed by atoms with van der Waals surface area (Å²) in [5, 5.41) is 3.51. The van der Waals surface area contributed by atoms with Gasteiger partial charge in [0.1, 0.15) is 5.75 Å². The van der Waals surface area contributed by atoms with Gasteiger partial charge >= 0.3 is 5.97 Å². The summed E-state index contributed by atoms with van der Waals surface area (Å²) in [6, 6.07) is 11.5. The largest absolute Gasteiger partial charge is 0.423 e. The number of rotatable bonds is 4. The van der Waals surface area contributed by atoms with E-state index in [4.69, 9.17) is 27.9 Å². The molecule has 0 aliphatic rings. The van der Waals surface area contributed by atoms with Crippen LogP contribution >= 0.6 is 23.2 Å². The number of carbonyl (C=O) groups is 2. The van der Waals surface area contributed by atoms with Crippen molar-refractivity contribution in [2.24, 2.45) is 0 Å². The van der Waals surface area contributed by atoms with Gasteiger partial charge in [0.15, 0.2) is 0 Å². The highest BCUT2D eigenvalue weighted by molar-refractivity contribution is 6.37. The van der Waals surface area contributed by atoms with Crippen LogP contribution in [0.5, 0.6) is 5.75 Å². The Labute approximate surface area is 143 Å². The van der Waals surface area contributed by atoms with Gasteiger partial charge in [-0.1, -0.05) is 29.3 Å². The minimum atomic E-state index is -0.562. The Kier molecular flexibility index (Phi) is 5.79. The van der Waals surface area contributed by atoms with E-state index in [9.17, 15) is 9.59 Å². The lowest BCUT2D eigenvalue weighted by molar-refractivity contribution is -0.128. The summed E-state index contributed by atoms with van der Waals surface area (Å²) in [7, 11) is 0. The molecule has 0 radical (unpaired) electrons. The number of halogens is 2. The predicted molar refractivity (Wildman–Crippen MR) is 91.9 cm³/mol. The van der Waals surface area contributed by atoms with Crippen molar-refractivity contribution >= 4 is 46.8 Å². The van der Waals surface area contributed by atoms with Gasteiger partial charge in [-0.25, -0.2) is 4.79 Å². The van der Waals surface area contributed by atoms with Gasteiger partial charge in [-0.05, 0) is 42.5 Å². The number of hydrogen-bond donors (Lipinski definition) is 1. The predicted octanol–water partition coefficient (Wildman–Crippen LogP) is 4.57. The van der Waals surface area contributed by atoms with Gasteiger partial charge < -0.3 is 10.1 Å². The standard InChI is InChI=1S/C17H13Cl2NO3/c1-11(21)20-12-5-7-13(8-6-12)23-17(22)10-9-14-15(18)3-2-4-16(14)19/h2-10H,1H3,(H,20,21)/b10-9+. The Hall–Kier alpha value is -2.30.